The first-order valence-electron chi connectivity index (χ1n) is 7.71. The van der Waals surface area contributed by atoms with Gasteiger partial charge >= 0.3 is 0 Å². The van der Waals surface area contributed by atoms with Gasteiger partial charge in [-0.05, 0) is 48.8 Å². The normalized spacial score (nSPS) is 20.0. The predicted molar refractivity (Wildman–Crippen MR) is 89.9 cm³/mol. The van der Waals surface area contributed by atoms with Crippen LogP contribution >= 0.6 is 12.4 Å². The molecule has 0 aromatic heterocycles. The molecule has 0 saturated heterocycles. The highest BCUT2D eigenvalue weighted by Gasteiger charge is 2.43. The van der Waals surface area contributed by atoms with E-state index in [0.29, 0.717) is 18.4 Å². The third-order valence-corrected chi connectivity index (χ3v) is 4.09. The van der Waals surface area contributed by atoms with Gasteiger partial charge in [-0.1, -0.05) is 38.1 Å². The molecule has 0 aliphatic heterocycles. The van der Waals surface area contributed by atoms with Gasteiger partial charge in [-0.2, -0.15) is 0 Å². The van der Waals surface area contributed by atoms with Crippen molar-refractivity contribution in [1.82, 2.24) is 5.32 Å². The lowest BCUT2D eigenvalue weighted by atomic mass is 10.00. The van der Waals surface area contributed by atoms with E-state index in [2.05, 4.69) is 43.4 Å². The maximum atomic E-state index is 12.0. The highest BCUT2D eigenvalue weighted by Crippen LogP contribution is 2.47. The van der Waals surface area contributed by atoms with Crippen LogP contribution in [0.4, 0.5) is 0 Å². The Morgan fingerprint density at radius 1 is 1.29 bits per heavy atom. The summed E-state index contributed by atoms with van der Waals surface area (Å²) < 4.78 is 0. The van der Waals surface area contributed by atoms with Crippen molar-refractivity contribution in [2.24, 2.45) is 11.7 Å². The van der Waals surface area contributed by atoms with Gasteiger partial charge in [0.05, 0.1) is 0 Å². The summed E-state index contributed by atoms with van der Waals surface area (Å²) in [4.78, 5) is 12.0. The zero-order valence-corrected chi connectivity index (χ0v) is 13.8. The number of nitrogens with one attached hydrogen (secondary N) is 1. The predicted octanol–water partition coefficient (Wildman–Crippen LogP) is 3.19. The fourth-order valence-electron chi connectivity index (χ4n) is 2.59. The summed E-state index contributed by atoms with van der Waals surface area (Å²) in [5, 5.41) is 3.01. The quantitative estimate of drug-likeness (QED) is 0.760. The molecule has 4 heteroatoms. The average molecular weight is 311 g/mol. The fraction of sp³-hybridized carbons (Fsp3) is 0.588. The Labute approximate surface area is 134 Å². The standard InChI is InChI=1S/C17H26N2O.ClH/c1-12(2)13-5-7-14(8-6-13)15-11-16(15)17(20)19-10-4-3-9-18;/h5-8,12,15-16H,3-4,9-11,18H2,1-2H3,(H,19,20);1H. The zero-order valence-electron chi connectivity index (χ0n) is 13.0. The molecule has 118 valence electrons. The Hall–Kier alpha value is -1.06. The minimum atomic E-state index is 0. The number of hydrogen-bond acceptors (Lipinski definition) is 2. The van der Waals surface area contributed by atoms with E-state index in [0.717, 1.165) is 25.8 Å². The molecular formula is C17H27ClN2O. The van der Waals surface area contributed by atoms with Gasteiger partial charge in [-0.3, -0.25) is 4.79 Å². The number of halogens is 1. The SMILES string of the molecule is CC(C)c1ccc(C2CC2C(=O)NCCCCN)cc1.Cl. The van der Waals surface area contributed by atoms with Gasteiger partial charge in [-0.15, -0.1) is 12.4 Å². The molecule has 2 unspecified atom stereocenters. The molecule has 21 heavy (non-hydrogen) atoms. The lowest BCUT2D eigenvalue weighted by Gasteiger charge is -2.07. The minimum Gasteiger partial charge on any atom is -0.356 e. The van der Waals surface area contributed by atoms with Crippen molar-refractivity contribution in [2.75, 3.05) is 13.1 Å². The number of carbonyl (C=O) groups excluding carboxylic acids is 1. The van der Waals surface area contributed by atoms with Gasteiger partial charge in [-0.25, -0.2) is 0 Å². The van der Waals surface area contributed by atoms with Crippen LogP contribution in [0.5, 0.6) is 0 Å². The summed E-state index contributed by atoms with van der Waals surface area (Å²) in [6, 6.07) is 8.74. The molecule has 1 aromatic carbocycles. The molecule has 3 nitrogen and oxygen atoms in total. The lowest BCUT2D eigenvalue weighted by Crippen LogP contribution is -2.26. The number of unbranched alkanes of at least 4 members (excludes halogenated alkanes) is 1. The Morgan fingerprint density at radius 2 is 1.95 bits per heavy atom. The number of amides is 1. The molecule has 1 amide bonds. The smallest absolute Gasteiger partial charge is 0.223 e. The number of hydrogen-bond donors (Lipinski definition) is 2. The first-order valence-corrected chi connectivity index (χ1v) is 7.71. The zero-order chi connectivity index (χ0) is 14.5. The molecular weight excluding hydrogens is 284 g/mol. The largest absolute Gasteiger partial charge is 0.356 e. The van der Waals surface area contributed by atoms with E-state index in [1.165, 1.54) is 11.1 Å². The van der Waals surface area contributed by atoms with Crippen LogP contribution in [-0.2, 0) is 4.79 Å². The number of rotatable bonds is 7. The molecule has 1 aliphatic rings. The van der Waals surface area contributed by atoms with Crippen molar-refractivity contribution >= 4 is 18.3 Å². The van der Waals surface area contributed by atoms with Gasteiger partial charge in [0.1, 0.15) is 0 Å². The molecule has 0 heterocycles. The topological polar surface area (TPSA) is 55.1 Å². The summed E-state index contributed by atoms with van der Waals surface area (Å²) in [7, 11) is 0. The highest BCUT2D eigenvalue weighted by atomic mass is 35.5. The molecule has 2 atom stereocenters. The Kier molecular flexibility index (Phi) is 7.20. The van der Waals surface area contributed by atoms with Crippen LogP contribution in [0, 0.1) is 5.92 Å². The van der Waals surface area contributed by atoms with Crippen LogP contribution in [-0.4, -0.2) is 19.0 Å². The third-order valence-electron chi connectivity index (χ3n) is 4.09. The molecule has 0 radical (unpaired) electrons. The van der Waals surface area contributed by atoms with Crippen molar-refractivity contribution in [2.45, 2.75) is 44.9 Å². The van der Waals surface area contributed by atoms with Crippen molar-refractivity contribution < 1.29 is 4.79 Å². The van der Waals surface area contributed by atoms with E-state index in [1.54, 1.807) is 0 Å². The highest BCUT2D eigenvalue weighted by molar-refractivity contribution is 5.85. The van der Waals surface area contributed by atoms with Gasteiger partial charge in [0.25, 0.3) is 0 Å². The van der Waals surface area contributed by atoms with Crippen LogP contribution in [0.25, 0.3) is 0 Å². The van der Waals surface area contributed by atoms with Gasteiger partial charge in [0, 0.05) is 12.5 Å². The minimum absolute atomic E-state index is 0. The second-order valence-electron chi connectivity index (χ2n) is 6.06. The molecule has 1 fully saturated rings. The van der Waals surface area contributed by atoms with Crippen molar-refractivity contribution in [3.05, 3.63) is 35.4 Å². The lowest BCUT2D eigenvalue weighted by molar-refractivity contribution is -0.122. The van der Waals surface area contributed by atoms with Crippen molar-refractivity contribution in [3.8, 4) is 0 Å². The van der Waals surface area contributed by atoms with E-state index in [9.17, 15) is 4.79 Å². The Morgan fingerprint density at radius 3 is 2.52 bits per heavy atom. The van der Waals surface area contributed by atoms with Crippen molar-refractivity contribution in [3.63, 3.8) is 0 Å². The summed E-state index contributed by atoms with van der Waals surface area (Å²) in [5.74, 6) is 1.37. The van der Waals surface area contributed by atoms with Crippen LogP contribution < -0.4 is 11.1 Å². The summed E-state index contributed by atoms with van der Waals surface area (Å²) in [6.07, 6.45) is 2.94. The van der Waals surface area contributed by atoms with E-state index >= 15 is 0 Å². The molecule has 1 aliphatic carbocycles. The third kappa shape index (κ3) is 5.01. The van der Waals surface area contributed by atoms with E-state index in [-0.39, 0.29) is 24.2 Å². The fourth-order valence-corrected chi connectivity index (χ4v) is 2.59. The monoisotopic (exact) mass is 310 g/mol. The second-order valence-corrected chi connectivity index (χ2v) is 6.06. The first-order chi connectivity index (χ1) is 9.63. The average Bonchev–Trinajstić information content (AvgIpc) is 3.24. The first kappa shape index (κ1) is 18.0. The maximum absolute atomic E-state index is 12.0. The van der Waals surface area contributed by atoms with Crippen LogP contribution in [0.2, 0.25) is 0 Å². The summed E-state index contributed by atoms with van der Waals surface area (Å²) in [6.45, 7) is 5.85. The second kappa shape index (κ2) is 8.40. The van der Waals surface area contributed by atoms with Gasteiger partial charge in [0.15, 0.2) is 0 Å². The molecule has 0 spiro atoms. The molecule has 0 bridgehead atoms. The summed E-state index contributed by atoms with van der Waals surface area (Å²) in [5.41, 5.74) is 8.10. The summed E-state index contributed by atoms with van der Waals surface area (Å²) >= 11 is 0. The molecule has 1 aromatic rings. The number of nitrogens with two attached hydrogens (primary N) is 1. The van der Waals surface area contributed by atoms with E-state index < -0.39 is 0 Å². The Balaban J connectivity index is 0.00000220. The van der Waals surface area contributed by atoms with Gasteiger partial charge < -0.3 is 11.1 Å². The van der Waals surface area contributed by atoms with Crippen LogP contribution in [0.15, 0.2) is 24.3 Å². The molecule has 2 rings (SSSR count). The van der Waals surface area contributed by atoms with Crippen LogP contribution in [0.1, 0.15) is 56.1 Å². The van der Waals surface area contributed by atoms with E-state index in [4.69, 9.17) is 5.73 Å². The van der Waals surface area contributed by atoms with Crippen molar-refractivity contribution in [1.29, 1.82) is 0 Å². The van der Waals surface area contributed by atoms with E-state index in [1.807, 2.05) is 0 Å². The molecule has 3 N–H and O–H groups in total. The van der Waals surface area contributed by atoms with Crippen LogP contribution in [0.3, 0.4) is 0 Å². The van der Waals surface area contributed by atoms with Gasteiger partial charge in [0.2, 0.25) is 5.91 Å². The number of carbonyl (C=O) groups is 1. The number of benzene rings is 1. The molecule has 1 saturated carbocycles. The Bertz CT molecular complexity index is 445. The maximum Gasteiger partial charge on any atom is 0.223 e.